The zero-order valence-electron chi connectivity index (χ0n) is 22.2. The van der Waals surface area contributed by atoms with Gasteiger partial charge in [0.1, 0.15) is 0 Å². The Morgan fingerprint density at radius 2 is 1.05 bits per heavy atom. The van der Waals surface area contributed by atoms with E-state index in [1.54, 1.807) is 0 Å². The van der Waals surface area contributed by atoms with Crippen molar-refractivity contribution < 1.29 is 19.5 Å². The summed E-state index contributed by atoms with van der Waals surface area (Å²) in [7, 11) is 0. The van der Waals surface area contributed by atoms with Crippen LogP contribution in [0, 0.1) is 11.8 Å². The third-order valence-electron chi connectivity index (χ3n) is 7.41. The third kappa shape index (κ3) is 9.20. The van der Waals surface area contributed by atoms with Gasteiger partial charge in [0.15, 0.2) is 0 Å². The molecule has 0 saturated heterocycles. The molecule has 2 aliphatic rings. The van der Waals surface area contributed by atoms with Gasteiger partial charge >= 0.3 is 141 Å². The summed E-state index contributed by atoms with van der Waals surface area (Å²) in [5.41, 5.74) is 4.55. The first-order valence-electron chi connectivity index (χ1n) is 13.7. The van der Waals surface area contributed by atoms with Gasteiger partial charge in [-0.25, -0.2) is 0 Å². The number of carbonyl (C=O) groups is 3. The molecule has 0 atom stereocenters. The van der Waals surface area contributed by atoms with Crippen molar-refractivity contribution >= 4 is 37.5 Å². The molecule has 2 amide bonds. The van der Waals surface area contributed by atoms with E-state index >= 15 is 0 Å². The monoisotopic (exact) mass is 629 g/mol. The van der Waals surface area contributed by atoms with Crippen molar-refractivity contribution in [3.05, 3.63) is 120 Å². The number of benzene rings is 3. The van der Waals surface area contributed by atoms with E-state index in [4.69, 9.17) is 0 Å². The second-order valence-electron chi connectivity index (χ2n) is 10.4. The molecule has 1 heterocycles. The number of carbonyl (C=O) groups excluding carboxylic acids is 3. The van der Waals surface area contributed by atoms with Crippen LogP contribution >= 0.6 is 0 Å². The van der Waals surface area contributed by atoms with Crippen LogP contribution in [0.3, 0.4) is 0 Å². The molecule has 0 radical (unpaired) electrons. The first kappa shape index (κ1) is 28.8. The van der Waals surface area contributed by atoms with Crippen LogP contribution in [0.15, 0.2) is 103 Å². The van der Waals surface area contributed by atoms with Crippen LogP contribution in [-0.4, -0.2) is 49.0 Å². The average Bonchev–Trinajstić information content (AvgIpc) is 3.27. The molecule has 1 aliphatic carbocycles. The maximum absolute atomic E-state index is 11.3. The number of imide groups is 1. The Kier molecular flexibility index (Phi) is 10.9. The van der Waals surface area contributed by atoms with Gasteiger partial charge in [-0.05, 0) is 37.5 Å². The molecule has 1 saturated carbocycles. The summed E-state index contributed by atoms with van der Waals surface area (Å²) in [5, 5.41) is 10.7. The standard InChI is InChI=1S/C12H15NO4.3C7H7.Sn/c14-10-5-6-11(15)13(10)7-8-1-3-9(4-2-8)12(16)17;3*1-7-5-3-2-4-6-7;/h5-6,8-9H,1-4,7H2,(H,16,17);3*2-6H,1H2;/q;;;;+1/p-1. The van der Waals surface area contributed by atoms with Crippen molar-refractivity contribution in [3.63, 3.8) is 0 Å². The number of hydrogen-bond donors (Lipinski definition) is 0. The van der Waals surface area contributed by atoms with Gasteiger partial charge in [-0.3, -0.25) is 14.5 Å². The van der Waals surface area contributed by atoms with Crippen LogP contribution < -0.4 is 5.11 Å². The Balaban J connectivity index is 0.000000187. The number of aliphatic carboxylic acids is 1. The minimum atomic E-state index is -1.56. The van der Waals surface area contributed by atoms with Gasteiger partial charge in [-0.2, -0.15) is 0 Å². The summed E-state index contributed by atoms with van der Waals surface area (Å²) < 4.78 is 3.98. The van der Waals surface area contributed by atoms with Crippen LogP contribution in [0.25, 0.3) is 0 Å². The summed E-state index contributed by atoms with van der Waals surface area (Å²) in [6, 6.07) is 33.1. The predicted molar refractivity (Wildman–Crippen MR) is 153 cm³/mol. The summed E-state index contributed by atoms with van der Waals surface area (Å²) in [5.74, 6) is -1.67. The molecule has 39 heavy (non-hydrogen) atoms. The van der Waals surface area contributed by atoms with Crippen molar-refractivity contribution in [1.82, 2.24) is 4.90 Å². The van der Waals surface area contributed by atoms with E-state index in [9.17, 15) is 19.5 Å². The van der Waals surface area contributed by atoms with Gasteiger partial charge in [0, 0.05) is 24.7 Å². The molecule has 6 heteroatoms. The summed E-state index contributed by atoms with van der Waals surface area (Å²) >= 11 is -1.56. The van der Waals surface area contributed by atoms with Gasteiger partial charge in [0.25, 0.3) is 11.8 Å². The van der Waals surface area contributed by atoms with Gasteiger partial charge in [0.05, 0.1) is 0 Å². The molecule has 200 valence electrons. The maximum atomic E-state index is 11.3. The van der Waals surface area contributed by atoms with Crippen LogP contribution in [0.1, 0.15) is 42.4 Å². The second kappa shape index (κ2) is 14.8. The zero-order chi connectivity index (χ0) is 27.5. The van der Waals surface area contributed by atoms with Gasteiger partial charge in [-0.1, -0.05) is 0 Å². The Bertz CT molecular complexity index is 1120. The van der Waals surface area contributed by atoms with Crippen LogP contribution in [0.2, 0.25) is 0 Å². The van der Waals surface area contributed by atoms with E-state index < -0.39 is 25.7 Å². The van der Waals surface area contributed by atoms with E-state index in [0.717, 1.165) is 12.8 Å². The molecule has 0 unspecified atom stereocenters. The Hall–Kier alpha value is -3.19. The molecular formula is C33H35NO4Sn. The van der Waals surface area contributed by atoms with Crippen LogP contribution in [-0.2, 0) is 27.7 Å². The normalized spacial score (nSPS) is 18.4. The Morgan fingerprint density at radius 1 is 0.667 bits per heavy atom. The van der Waals surface area contributed by atoms with Crippen LogP contribution in [0.5, 0.6) is 0 Å². The van der Waals surface area contributed by atoms with E-state index in [-0.39, 0.29) is 23.7 Å². The predicted octanol–water partition coefficient (Wildman–Crippen LogP) is 4.29. The molecule has 1 aliphatic heterocycles. The number of nitrogens with zero attached hydrogens (tertiary/aromatic N) is 1. The van der Waals surface area contributed by atoms with Gasteiger partial charge in [0.2, 0.25) is 0 Å². The summed E-state index contributed by atoms with van der Waals surface area (Å²) in [6.07, 6.45) is 5.17. The minimum absolute atomic E-state index is 0.221. The number of carboxylic acid groups (broad SMARTS) is 1. The van der Waals surface area contributed by atoms with E-state index in [1.807, 2.05) is 0 Å². The molecule has 0 N–H and O–H groups in total. The quantitative estimate of drug-likeness (QED) is 0.262. The fourth-order valence-electron chi connectivity index (χ4n) is 5.29. The first-order chi connectivity index (χ1) is 19.0. The van der Waals surface area contributed by atoms with Crippen molar-refractivity contribution in [2.45, 2.75) is 39.0 Å². The van der Waals surface area contributed by atoms with Crippen LogP contribution in [0.4, 0.5) is 0 Å². The molecule has 1 fully saturated rings. The van der Waals surface area contributed by atoms with Crippen molar-refractivity contribution in [2.75, 3.05) is 6.54 Å². The fourth-order valence-corrected chi connectivity index (χ4v) is 13.3. The topological polar surface area (TPSA) is 77.5 Å². The molecule has 3 aromatic carbocycles. The van der Waals surface area contributed by atoms with Gasteiger partial charge < -0.3 is 9.90 Å². The molecule has 0 bridgehead atoms. The summed E-state index contributed by atoms with van der Waals surface area (Å²) in [4.78, 5) is 34.6. The fraction of sp³-hybridized carbons (Fsp3) is 0.303. The number of rotatable bonds is 9. The molecule has 0 aromatic heterocycles. The second-order valence-corrected chi connectivity index (χ2v) is 17.7. The number of amides is 2. The van der Waals surface area contributed by atoms with E-state index in [1.165, 1.54) is 47.1 Å². The zero-order valence-corrected chi connectivity index (χ0v) is 25.1. The third-order valence-corrected chi connectivity index (χ3v) is 15.2. The molecule has 5 rings (SSSR count). The average molecular weight is 628 g/mol. The van der Waals surface area contributed by atoms with Crippen molar-refractivity contribution in [2.24, 2.45) is 11.8 Å². The Morgan fingerprint density at radius 3 is 1.41 bits per heavy atom. The molecule has 5 nitrogen and oxygen atoms in total. The number of hydrogen-bond acceptors (Lipinski definition) is 4. The number of carboxylic acids is 1. The summed E-state index contributed by atoms with van der Waals surface area (Å²) in [6.45, 7) is 0.407. The van der Waals surface area contributed by atoms with E-state index in [0.29, 0.717) is 19.4 Å². The van der Waals surface area contributed by atoms with Crippen molar-refractivity contribution in [1.29, 1.82) is 0 Å². The SMILES string of the molecule is O=C([O-])C1CCC(CN2C(=O)C=CC2=O)CC1.c1ccc([CH2][Sn+]([CH2]c2ccccc2)[CH2]c2ccccc2)cc1. The first-order valence-corrected chi connectivity index (χ1v) is 19.7. The van der Waals surface area contributed by atoms with Gasteiger partial charge in [-0.15, -0.1) is 0 Å². The molecule has 3 aromatic rings. The van der Waals surface area contributed by atoms with Crippen molar-refractivity contribution in [3.8, 4) is 0 Å². The Labute approximate surface area is 238 Å². The molecule has 0 spiro atoms. The molecular weight excluding hydrogens is 593 g/mol. The van der Waals surface area contributed by atoms with E-state index in [2.05, 4.69) is 91.0 Å².